The van der Waals surface area contributed by atoms with E-state index in [1.165, 1.54) is 19.4 Å². The van der Waals surface area contributed by atoms with Gasteiger partial charge in [0.2, 0.25) is 10.0 Å². The van der Waals surface area contributed by atoms with Gasteiger partial charge in [0.1, 0.15) is 0 Å². The summed E-state index contributed by atoms with van der Waals surface area (Å²) in [5.41, 5.74) is 1.09. The fourth-order valence-electron chi connectivity index (χ4n) is 4.61. The maximum atomic E-state index is 12.8. The lowest BCUT2D eigenvalue weighted by molar-refractivity contribution is -0.907. The van der Waals surface area contributed by atoms with Gasteiger partial charge >= 0.3 is 0 Å². The number of hydrogen-bond donors (Lipinski definition) is 1. The molecule has 24 heavy (non-hydrogen) atoms. The zero-order valence-electron chi connectivity index (χ0n) is 14.3. The van der Waals surface area contributed by atoms with Crippen molar-refractivity contribution >= 4 is 10.0 Å². The van der Waals surface area contributed by atoms with Gasteiger partial charge in [-0.05, 0) is 43.7 Å². The molecule has 1 N–H and O–H groups in total. The van der Waals surface area contributed by atoms with Crippen molar-refractivity contribution in [3.63, 3.8) is 0 Å². The second-order valence-electron chi connectivity index (χ2n) is 7.71. The van der Waals surface area contributed by atoms with E-state index in [0.717, 1.165) is 36.4 Å². The number of fused-ring (bicyclic) bond motifs is 2. The van der Waals surface area contributed by atoms with Gasteiger partial charge in [0.25, 0.3) is 0 Å². The number of aryl methyl sites for hydroxylation is 1. The molecular formula is C19H27N2O2S+. The third kappa shape index (κ3) is 3.05. The van der Waals surface area contributed by atoms with E-state index in [-0.39, 0.29) is 0 Å². The van der Waals surface area contributed by atoms with E-state index in [2.05, 4.69) is 12.2 Å². The summed E-state index contributed by atoms with van der Waals surface area (Å²) < 4.78 is 27.2. The second-order valence-corrected chi connectivity index (χ2v) is 9.65. The van der Waals surface area contributed by atoms with Gasteiger partial charge in [-0.25, -0.2) is 8.42 Å². The predicted molar refractivity (Wildman–Crippen MR) is 94.3 cm³/mol. The Hall–Kier alpha value is -1.17. The van der Waals surface area contributed by atoms with Gasteiger partial charge in [-0.15, -0.1) is 0 Å². The first-order valence-electron chi connectivity index (χ1n) is 9.11. The van der Waals surface area contributed by atoms with E-state index in [1.807, 2.05) is 19.1 Å². The van der Waals surface area contributed by atoms with Crippen molar-refractivity contribution in [2.24, 2.45) is 17.8 Å². The number of hydrogen-bond acceptors (Lipinski definition) is 2. The molecule has 4 nitrogen and oxygen atoms in total. The lowest BCUT2D eigenvalue weighted by atomic mass is 9.93. The summed E-state index contributed by atoms with van der Waals surface area (Å²) in [6.07, 6.45) is 7.50. The molecule has 4 rings (SSSR count). The van der Waals surface area contributed by atoms with Gasteiger partial charge < -0.3 is 4.90 Å². The van der Waals surface area contributed by atoms with Gasteiger partial charge in [-0.3, -0.25) is 0 Å². The normalized spacial score (nSPS) is 31.0. The highest BCUT2D eigenvalue weighted by atomic mass is 32.2. The zero-order chi connectivity index (χ0) is 16.7. The highest BCUT2D eigenvalue weighted by molar-refractivity contribution is 7.89. The van der Waals surface area contributed by atoms with Crippen molar-refractivity contribution in [1.82, 2.24) is 4.31 Å². The van der Waals surface area contributed by atoms with Crippen LogP contribution in [0.2, 0.25) is 0 Å². The van der Waals surface area contributed by atoms with Crippen LogP contribution < -0.4 is 4.90 Å². The molecule has 130 valence electrons. The minimum atomic E-state index is -3.33. The molecule has 0 radical (unpaired) electrons. The summed E-state index contributed by atoms with van der Waals surface area (Å²) >= 11 is 0. The van der Waals surface area contributed by atoms with Crippen LogP contribution in [0, 0.1) is 24.7 Å². The molecule has 1 aliphatic heterocycles. The predicted octanol–water partition coefficient (Wildman–Crippen LogP) is 1.10. The van der Waals surface area contributed by atoms with Gasteiger partial charge in [0.15, 0.2) is 0 Å². The molecule has 1 saturated heterocycles. The molecule has 2 bridgehead atoms. The maximum absolute atomic E-state index is 12.8. The van der Waals surface area contributed by atoms with Crippen LogP contribution in [-0.4, -0.2) is 45.4 Å². The summed E-state index contributed by atoms with van der Waals surface area (Å²) in [6.45, 7) is 6.34. The van der Waals surface area contributed by atoms with E-state index in [4.69, 9.17) is 0 Å². The van der Waals surface area contributed by atoms with Gasteiger partial charge in [-0.1, -0.05) is 29.8 Å². The molecule has 1 aromatic carbocycles. The van der Waals surface area contributed by atoms with Crippen molar-refractivity contribution in [2.75, 3.05) is 32.7 Å². The fourth-order valence-corrected chi connectivity index (χ4v) is 6.05. The number of nitrogens with one attached hydrogen (secondary N) is 1. The molecule has 2 fully saturated rings. The highest BCUT2D eigenvalue weighted by Gasteiger charge is 2.39. The third-order valence-electron chi connectivity index (χ3n) is 6.06. The molecule has 0 aromatic heterocycles. The topological polar surface area (TPSA) is 41.8 Å². The Balaban J connectivity index is 1.35. The Morgan fingerprint density at radius 1 is 1.08 bits per heavy atom. The number of rotatable bonds is 4. The monoisotopic (exact) mass is 347 g/mol. The molecule has 1 aromatic rings. The first kappa shape index (κ1) is 16.3. The quantitative estimate of drug-likeness (QED) is 0.829. The summed E-state index contributed by atoms with van der Waals surface area (Å²) in [5, 5.41) is 0. The largest absolute Gasteiger partial charge is 0.332 e. The molecular weight excluding hydrogens is 320 g/mol. The van der Waals surface area contributed by atoms with Crippen molar-refractivity contribution in [2.45, 2.75) is 24.7 Å². The summed E-state index contributed by atoms with van der Waals surface area (Å²) in [7, 11) is -3.33. The second kappa shape index (κ2) is 6.28. The molecule has 1 heterocycles. The maximum Gasteiger partial charge on any atom is 0.243 e. The molecule has 0 unspecified atom stereocenters. The van der Waals surface area contributed by atoms with Crippen LogP contribution in [0.1, 0.15) is 18.4 Å². The minimum absolute atomic E-state index is 0.426. The summed E-state index contributed by atoms with van der Waals surface area (Å²) in [5.74, 6) is 2.43. The molecule has 3 aliphatic rings. The first-order valence-corrected chi connectivity index (χ1v) is 10.5. The van der Waals surface area contributed by atoms with Crippen molar-refractivity contribution in [3.8, 4) is 0 Å². The average molecular weight is 348 g/mol. The number of benzene rings is 1. The molecule has 0 spiro atoms. The molecule has 1 saturated carbocycles. The van der Waals surface area contributed by atoms with Crippen LogP contribution >= 0.6 is 0 Å². The lowest BCUT2D eigenvalue weighted by Crippen LogP contribution is -3.15. The SMILES string of the molecule is Cc1ccc(S(=O)(=O)N2CC[NH+](C[C@@H]3C[C@H]4C=C[C@@H]3C4)CC2)cc1. The number of sulfonamides is 1. The fraction of sp³-hybridized carbons (Fsp3) is 0.579. The standard InChI is InChI=1S/C19H26N2O2S/c1-15-2-6-19(7-3-15)24(22,23)21-10-8-20(9-11-21)14-18-13-16-4-5-17(18)12-16/h2-7,16-18H,8-14H2,1H3/p+1/t16-,17+,18-/m0/s1. The Morgan fingerprint density at radius 3 is 2.38 bits per heavy atom. The van der Waals surface area contributed by atoms with Crippen molar-refractivity contribution in [3.05, 3.63) is 42.0 Å². The zero-order valence-corrected chi connectivity index (χ0v) is 15.1. The Bertz CT molecular complexity index is 718. The van der Waals surface area contributed by atoms with E-state index in [1.54, 1.807) is 21.3 Å². The first-order chi connectivity index (χ1) is 11.5. The van der Waals surface area contributed by atoms with E-state index in [9.17, 15) is 8.42 Å². The molecule has 2 aliphatic carbocycles. The number of piperazine rings is 1. The van der Waals surface area contributed by atoms with Crippen LogP contribution in [0.25, 0.3) is 0 Å². The molecule has 0 amide bonds. The van der Waals surface area contributed by atoms with Gasteiger partial charge in [0.05, 0.1) is 37.6 Å². The number of nitrogens with zero attached hydrogens (tertiary/aromatic N) is 1. The number of allylic oxidation sites excluding steroid dienone is 2. The van der Waals surface area contributed by atoms with Crippen LogP contribution in [-0.2, 0) is 10.0 Å². The Morgan fingerprint density at radius 2 is 1.79 bits per heavy atom. The Kier molecular flexibility index (Phi) is 4.27. The lowest BCUT2D eigenvalue weighted by Gasteiger charge is -2.33. The van der Waals surface area contributed by atoms with Crippen LogP contribution in [0.4, 0.5) is 0 Å². The van der Waals surface area contributed by atoms with Crippen molar-refractivity contribution in [1.29, 1.82) is 0 Å². The molecule has 3 atom stereocenters. The van der Waals surface area contributed by atoms with Crippen LogP contribution in [0.5, 0.6) is 0 Å². The Labute approximate surface area is 145 Å². The van der Waals surface area contributed by atoms with Gasteiger partial charge in [-0.2, -0.15) is 4.31 Å². The average Bonchev–Trinajstić information content (AvgIpc) is 3.19. The van der Waals surface area contributed by atoms with Crippen LogP contribution in [0.15, 0.2) is 41.3 Å². The van der Waals surface area contributed by atoms with E-state index >= 15 is 0 Å². The minimum Gasteiger partial charge on any atom is -0.332 e. The van der Waals surface area contributed by atoms with E-state index < -0.39 is 10.0 Å². The smallest absolute Gasteiger partial charge is 0.243 e. The summed E-state index contributed by atoms with van der Waals surface area (Å²) in [6, 6.07) is 7.20. The van der Waals surface area contributed by atoms with Crippen LogP contribution in [0.3, 0.4) is 0 Å². The summed E-state index contributed by atoms with van der Waals surface area (Å²) in [4.78, 5) is 2.01. The van der Waals surface area contributed by atoms with Gasteiger partial charge in [0, 0.05) is 5.92 Å². The third-order valence-corrected chi connectivity index (χ3v) is 7.97. The molecule has 5 heteroatoms. The van der Waals surface area contributed by atoms with E-state index in [0.29, 0.717) is 18.0 Å². The highest BCUT2D eigenvalue weighted by Crippen LogP contribution is 2.42. The number of quaternary nitrogens is 1. The van der Waals surface area contributed by atoms with Crippen molar-refractivity contribution < 1.29 is 13.3 Å².